The maximum atomic E-state index is 10.9. The summed E-state index contributed by atoms with van der Waals surface area (Å²) in [6.45, 7) is 3.37. The average molecular weight is 441 g/mol. The number of hydrogen-bond acceptors (Lipinski definition) is 7. The number of nitrogens with two attached hydrogens (primary N) is 1. The molecule has 5 rings (SSSR count). The van der Waals surface area contributed by atoms with Gasteiger partial charge in [-0.1, -0.05) is 54.6 Å². The van der Waals surface area contributed by atoms with Crippen LogP contribution in [0, 0.1) is 0 Å². The minimum absolute atomic E-state index is 0.597. The lowest BCUT2D eigenvalue weighted by Gasteiger charge is -2.36. The van der Waals surface area contributed by atoms with Gasteiger partial charge < -0.3 is 15.5 Å². The molecule has 0 saturated carbocycles. The molecule has 4 aromatic rings. The zero-order chi connectivity index (χ0) is 23.0. The van der Waals surface area contributed by atoms with Crippen LogP contribution in [-0.2, 0) is 6.42 Å². The highest BCUT2D eigenvalue weighted by atomic mass is 16.1. The Labute approximate surface area is 193 Å². The zero-order valence-corrected chi connectivity index (χ0v) is 18.8. The molecule has 2 N–H and O–H groups in total. The van der Waals surface area contributed by atoms with Crippen molar-refractivity contribution in [3.05, 3.63) is 89.7 Å². The van der Waals surface area contributed by atoms with E-state index in [4.69, 9.17) is 0 Å². The molecule has 1 aliphatic heterocycles. The second-order valence-electron chi connectivity index (χ2n) is 7.72. The third-order valence-electron chi connectivity index (χ3n) is 5.77. The fraction of sp³-hybridized carbons (Fsp3) is 0.231. The van der Waals surface area contributed by atoms with Crippen molar-refractivity contribution in [2.75, 3.05) is 43.0 Å². The number of piperazine rings is 1. The summed E-state index contributed by atoms with van der Waals surface area (Å²) in [4.78, 5) is 19.8. The molecule has 1 aliphatic rings. The maximum absolute atomic E-state index is 10.9. The Kier molecular flexibility index (Phi) is 7.22. The lowest BCUT2D eigenvalue weighted by atomic mass is 10.0. The SMILES string of the molecule is CN.O=Cc1ccc(N2CCN(c3nnc(Cc4ccccc4)c4ccccc34)CC2)nc1. The minimum Gasteiger partial charge on any atom is -0.353 e. The standard InChI is InChI=1S/C25H23N5O.CH5N/c31-18-20-10-11-24(26-17-20)29-12-14-30(15-13-29)25-22-9-5-4-8-21(22)23(27-28-25)16-19-6-2-1-3-7-19;1-2/h1-11,17-18H,12-16H2;2H2,1H3. The van der Waals surface area contributed by atoms with E-state index in [2.05, 4.69) is 79.2 Å². The predicted molar refractivity (Wildman–Crippen MR) is 133 cm³/mol. The highest BCUT2D eigenvalue weighted by Gasteiger charge is 2.22. The third-order valence-corrected chi connectivity index (χ3v) is 5.77. The summed E-state index contributed by atoms with van der Waals surface area (Å²) < 4.78 is 0. The van der Waals surface area contributed by atoms with Crippen LogP contribution >= 0.6 is 0 Å². The van der Waals surface area contributed by atoms with Gasteiger partial charge in [0, 0.05) is 55.1 Å². The Bertz CT molecular complexity index is 1190. The monoisotopic (exact) mass is 440 g/mol. The van der Waals surface area contributed by atoms with E-state index in [1.165, 1.54) is 12.6 Å². The number of anilines is 2. The number of benzene rings is 2. The van der Waals surface area contributed by atoms with Crippen molar-refractivity contribution in [1.29, 1.82) is 0 Å². The van der Waals surface area contributed by atoms with Crippen LogP contribution in [0.5, 0.6) is 0 Å². The molecule has 2 aromatic carbocycles. The van der Waals surface area contributed by atoms with Gasteiger partial charge in [0.25, 0.3) is 0 Å². The quantitative estimate of drug-likeness (QED) is 0.476. The van der Waals surface area contributed by atoms with E-state index < -0.39 is 0 Å². The van der Waals surface area contributed by atoms with E-state index in [1.54, 1.807) is 6.20 Å². The molecule has 0 bridgehead atoms. The Hall–Kier alpha value is -3.84. The van der Waals surface area contributed by atoms with Gasteiger partial charge in [-0.05, 0) is 24.7 Å². The highest BCUT2D eigenvalue weighted by Crippen LogP contribution is 2.28. The van der Waals surface area contributed by atoms with Gasteiger partial charge in [-0.3, -0.25) is 4.79 Å². The molecular formula is C26H28N6O. The largest absolute Gasteiger partial charge is 0.353 e. The summed E-state index contributed by atoms with van der Waals surface area (Å²) in [5, 5.41) is 11.6. The number of pyridine rings is 1. The molecule has 168 valence electrons. The van der Waals surface area contributed by atoms with Crippen LogP contribution in [0.1, 0.15) is 21.6 Å². The molecule has 1 fully saturated rings. The van der Waals surface area contributed by atoms with Crippen LogP contribution < -0.4 is 15.5 Å². The lowest BCUT2D eigenvalue weighted by molar-refractivity contribution is 0.112. The van der Waals surface area contributed by atoms with Gasteiger partial charge in [0.15, 0.2) is 12.1 Å². The van der Waals surface area contributed by atoms with Crippen LogP contribution in [0.25, 0.3) is 10.8 Å². The Morgan fingerprint density at radius 3 is 2.15 bits per heavy atom. The van der Waals surface area contributed by atoms with Crippen molar-refractivity contribution in [3.63, 3.8) is 0 Å². The van der Waals surface area contributed by atoms with Crippen LogP contribution in [0.4, 0.5) is 11.6 Å². The molecule has 0 atom stereocenters. The van der Waals surface area contributed by atoms with Gasteiger partial charge in [0.05, 0.1) is 5.69 Å². The fourth-order valence-corrected chi connectivity index (χ4v) is 4.10. The number of fused-ring (bicyclic) bond motifs is 1. The van der Waals surface area contributed by atoms with Gasteiger partial charge in [-0.25, -0.2) is 4.98 Å². The summed E-state index contributed by atoms with van der Waals surface area (Å²) >= 11 is 0. The first-order valence-corrected chi connectivity index (χ1v) is 11.1. The summed E-state index contributed by atoms with van der Waals surface area (Å²) in [6, 6.07) is 22.5. The van der Waals surface area contributed by atoms with Crippen molar-refractivity contribution in [3.8, 4) is 0 Å². The highest BCUT2D eigenvalue weighted by molar-refractivity contribution is 5.93. The van der Waals surface area contributed by atoms with E-state index >= 15 is 0 Å². The van der Waals surface area contributed by atoms with E-state index in [-0.39, 0.29) is 0 Å². The number of hydrogen-bond donors (Lipinski definition) is 1. The van der Waals surface area contributed by atoms with Crippen molar-refractivity contribution in [2.45, 2.75) is 6.42 Å². The molecule has 7 nitrogen and oxygen atoms in total. The van der Waals surface area contributed by atoms with Crippen LogP contribution in [0.3, 0.4) is 0 Å². The molecule has 0 unspecified atom stereocenters. The van der Waals surface area contributed by atoms with Gasteiger partial charge in [0.2, 0.25) is 0 Å². The second-order valence-corrected chi connectivity index (χ2v) is 7.72. The van der Waals surface area contributed by atoms with Crippen molar-refractivity contribution in [2.24, 2.45) is 5.73 Å². The summed E-state index contributed by atoms with van der Waals surface area (Å²) in [5.41, 5.74) is 7.33. The zero-order valence-electron chi connectivity index (χ0n) is 18.8. The number of carbonyl (C=O) groups is 1. The second kappa shape index (κ2) is 10.7. The van der Waals surface area contributed by atoms with E-state index in [1.807, 2.05) is 18.2 Å². The number of aldehydes is 1. The molecule has 7 heteroatoms. The third kappa shape index (κ3) is 4.99. The first-order valence-electron chi connectivity index (χ1n) is 11.1. The summed E-state index contributed by atoms with van der Waals surface area (Å²) in [5.74, 6) is 1.84. The topological polar surface area (TPSA) is 88.2 Å². The first kappa shape index (κ1) is 22.4. The minimum atomic E-state index is 0.597. The van der Waals surface area contributed by atoms with Gasteiger partial charge >= 0.3 is 0 Å². The normalized spacial score (nSPS) is 13.4. The Morgan fingerprint density at radius 1 is 0.818 bits per heavy atom. The van der Waals surface area contributed by atoms with Crippen LogP contribution in [-0.4, -0.2) is 54.7 Å². The Morgan fingerprint density at radius 2 is 1.48 bits per heavy atom. The lowest BCUT2D eigenvalue weighted by Crippen LogP contribution is -2.47. The number of nitrogens with zero attached hydrogens (tertiary/aromatic N) is 5. The average Bonchev–Trinajstić information content (AvgIpc) is 2.91. The number of carbonyl (C=O) groups excluding carboxylic acids is 1. The van der Waals surface area contributed by atoms with E-state index in [0.29, 0.717) is 5.56 Å². The van der Waals surface area contributed by atoms with Crippen molar-refractivity contribution in [1.82, 2.24) is 15.2 Å². The van der Waals surface area contributed by atoms with Gasteiger partial charge in [0.1, 0.15) is 5.82 Å². The van der Waals surface area contributed by atoms with Crippen LogP contribution in [0.2, 0.25) is 0 Å². The van der Waals surface area contributed by atoms with E-state index in [9.17, 15) is 4.79 Å². The van der Waals surface area contributed by atoms with Crippen molar-refractivity contribution < 1.29 is 4.79 Å². The smallest absolute Gasteiger partial charge is 0.159 e. The van der Waals surface area contributed by atoms with E-state index in [0.717, 1.165) is 67.0 Å². The molecule has 3 heterocycles. The number of rotatable bonds is 5. The molecule has 1 saturated heterocycles. The first-order chi connectivity index (χ1) is 16.3. The van der Waals surface area contributed by atoms with Crippen molar-refractivity contribution >= 4 is 28.7 Å². The molecular weight excluding hydrogens is 412 g/mol. The Balaban J connectivity index is 0.00000126. The summed E-state index contributed by atoms with van der Waals surface area (Å²) in [6.07, 6.45) is 3.21. The van der Waals surface area contributed by atoms with Gasteiger partial charge in [-0.2, -0.15) is 5.10 Å². The molecule has 0 amide bonds. The molecule has 0 spiro atoms. The van der Waals surface area contributed by atoms with Gasteiger partial charge in [-0.15, -0.1) is 5.10 Å². The van der Waals surface area contributed by atoms with Crippen LogP contribution in [0.15, 0.2) is 72.9 Å². The molecule has 0 radical (unpaired) electrons. The summed E-state index contributed by atoms with van der Waals surface area (Å²) in [7, 11) is 1.50. The molecule has 33 heavy (non-hydrogen) atoms. The number of aromatic nitrogens is 3. The maximum Gasteiger partial charge on any atom is 0.159 e. The molecule has 2 aromatic heterocycles. The predicted octanol–water partition coefficient (Wildman–Crippen LogP) is 3.33. The fourth-order valence-electron chi connectivity index (χ4n) is 4.10. The molecule has 0 aliphatic carbocycles.